The first-order valence-corrected chi connectivity index (χ1v) is 7.58. The van der Waals surface area contributed by atoms with Crippen molar-refractivity contribution < 1.29 is 9.47 Å². The van der Waals surface area contributed by atoms with Gasteiger partial charge < -0.3 is 9.47 Å². The molecule has 0 fully saturated rings. The number of rotatable bonds is 6. The summed E-state index contributed by atoms with van der Waals surface area (Å²) in [4.78, 5) is 5.63. The monoisotopic (exact) mass is 302 g/mol. The van der Waals surface area contributed by atoms with Crippen molar-refractivity contribution in [1.82, 2.24) is 4.98 Å². The van der Waals surface area contributed by atoms with E-state index in [1.54, 1.807) is 18.4 Å². The van der Waals surface area contributed by atoms with Gasteiger partial charge >= 0.3 is 0 Å². The van der Waals surface area contributed by atoms with E-state index in [2.05, 4.69) is 24.9 Å². The van der Waals surface area contributed by atoms with Crippen LogP contribution in [0.1, 0.15) is 35.3 Å². The molecule has 0 amide bonds. The van der Waals surface area contributed by atoms with Crippen LogP contribution in [0.2, 0.25) is 0 Å². The molecule has 21 heavy (non-hydrogen) atoms. The van der Waals surface area contributed by atoms with Crippen LogP contribution in [0.15, 0.2) is 24.3 Å². The Kier molecular flexibility index (Phi) is 5.18. The van der Waals surface area contributed by atoms with Crippen molar-refractivity contribution in [2.75, 3.05) is 7.11 Å². The first-order valence-electron chi connectivity index (χ1n) is 6.77. The molecule has 1 aromatic carbocycles. The predicted molar refractivity (Wildman–Crippen MR) is 82.8 cm³/mol. The van der Waals surface area contributed by atoms with Crippen molar-refractivity contribution >= 4 is 11.3 Å². The number of aromatic nitrogens is 1. The van der Waals surface area contributed by atoms with Crippen LogP contribution >= 0.6 is 11.3 Å². The van der Waals surface area contributed by atoms with Crippen LogP contribution in [-0.4, -0.2) is 12.1 Å². The number of nitriles is 1. The molecule has 1 heterocycles. The fourth-order valence-corrected chi connectivity index (χ4v) is 3.07. The Bertz CT molecular complexity index is 644. The van der Waals surface area contributed by atoms with Crippen LogP contribution in [-0.2, 0) is 13.0 Å². The molecule has 0 spiro atoms. The zero-order valence-corrected chi connectivity index (χ0v) is 13.2. The van der Waals surface area contributed by atoms with Crippen molar-refractivity contribution in [3.8, 4) is 17.6 Å². The lowest BCUT2D eigenvalue weighted by molar-refractivity contribution is 0.284. The molecular weight excluding hydrogens is 284 g/mol. The summed E-state index contributed by atoms with van der Waals surface area (Å²) in [7, 11) is 1.62. The van der Waals surface area contributed by atoms with Crippen LogP contribution in [0.3, 0.4) is 0 Å². The number of ether oxygens (including phenoxy) is 2. The van der Waals surface area contributed by atoms with Gasteiger partial charge in [0.15, 0.2) is 11.5 Å². The summed E-state index contributed by atoms with van der Waals surface area (Å²) in [5.41, 5.74) is 1.00. The highest BCUT2D eigenvalue weighted by molar-refractivity contribution is 7.11. The van der Waals surface area contributed by atoms with Gasteiger partial charge in [-0.05, 0) is 18.1 Å². The number of methoxy groups -OCH3 is 1. The second-order valence-corrected chi connectivity index (χ2v) is 6.01. The summed E-state index contributed by atoms with van der Waals surface area (Å²) < 4.78 is 11.0. The van der Waals surface area contributed by atoms with E-state index in [-0.39, 0.29) is 0 Å². The van der Waals surface area contributed by atoms with E-state index in [9.17, 15) is 0 Å². The molecule has 5 heteroatoms. The van der Waals surface area contributed by atoms with Gasteiger partial charge in [0.1, 0.15) is 11.6 Å². The van der Waals surface area contributed by atoms with Gasteiger partial charge in [-0.1, -0.05) is 26.0 Å². The van der Waals surface area contributed by atoms with Gasteiger partial charge in [-0.3, -0.25) is 0 Å². The van der Waals surface area contributed by atoms with Gasteiger partial charge in [0.25, 0.3) is 0 Å². The zero-order chi connectivity index (χ0) is 15.2. The average molecular weight is 302 g/mol. The summed E-state index contributed by atoms with van der Waals surface area (Å²) in [6.45, 7) is 4.55. The SMILES string of the molecule is COc1ccccc1OCc1nc(C(C)C)c(CC#N)s1. The average Bonchev–Trinajstić information content (AvgIpc) is 2.89. The molecule has 110 valence electrons. The van der Waals surface area contributed by atoms with Gasteiger partial charge in [-0.15, -0.1) is 11.3 Å². The number of hydrogen-bond donors (Lipinski definition) is 0. The standard InChI is InChI=1S/C16H18N2O2S/c1-11(2)16-14(8-9-17)21-15(18-16)10-20-13-7-5-4-6-12(13)19-3/h4-7,11H,8,10H2,1-3H3. The first-order chi connectivity index (χ1) is 10.2. The smallest absolute Gasteiger partial charge is 0.161 e. The second kappa shape index (κ2) is 7.09. The summed E-state index contributed by atoms with van der Waals surface area (Å²) >= 11 is 1.55. The van der Waals surface area contributed by atoms with E-state index < -0.39 is 0 Å². The summed E-state index contributed by atoms with van der Waals surface area (Å²) in [5.74, 6) is 1.71. The lowest BCUT2D eigenvalue weighted by atomic mass is 10.1. The molecule has 0 atom stereocenters. The Labute approximate surface area is 129 Å². The zero-order valence-electron chi connectivity index (χ0n) is 12.4. The third kappa shape index (κ3) is 3.73. The number of hydrogen-bond acceptors (Lipinski definition) is 5. The van der Waals surface area contributed by atoms with Crippen LogP contribution in [0, 0.1) is 11.3 Å². The minimum absolute atomic E-state index is 0.310. The Morgan fingerprint density at radius 2 is 2.00 bits per heavy atom. The number of nitrogens with zero attached hydrogens (tertiary/aromatic N) is 2. The molecule has 0 radical (unpaired) electrons. The number of thiazole rings is 1. The van der Waals surface area contributed by atoms with Gasteiger partial charge in [-0.2, -0.15) is 5.26 Å². The van der Waals surface area contributed by atoms with Gasteiger partial charge in [-0.25, -0.2) is 4.98 Å². The van der Waals surface area contributed by atoms with E-state index in [0.717, 1.165) is 15.6 Å². The van der Waals surface area contributed by atoms with Gasteiger partial charge in [0.2, 0.25) is 0 Å². The van der Waals surface area contributed by atoms with Crippen LogP contribution in [0.25, 0.3) is 0 Å². The Morgan fingerprint density at radius 1 is 1.29 bits per heavy atom. The quantitative estimate of drug-likeness (QED) is 0.811. The highest BCUT2D eigenvalue weighted by Crippen LogP contribution is 2.29. The molecule has 0 aliphatic carbocycles. The summed E-state index contributed by atoms with van der Waals surface area (Å²) in [6.07, 6.45) is 0.403. The van der Waals surface area contributed by atoms with Crippen molar-refractivity contribution in [3.05, 3.63) is 39.8 Å². The Hall–Kier alpha value is -2.06. The van der Waals surface area contributed by atoms with Gasteiger partial charge in [0, 0.05) is 4.88 Å². The Balaban J connectivity index is 2.13. The van der Waals surface area contributed by atoms with Crippen molar-refractivity contribution in [1.29, 1.82) is 5.26 Å². The highest BCUT2D eigenvalue weighted by atomic mass is 32.1. The Morgan fingerprint density at radius 3 is 2.62 bits per heavy atom. The van der Waals surface area contributed by atoms with E-state index in [1.165, 1.54) is 0 Å². The fraction of sp³-hybridized carbons (Fsp3) is 0.375. The minimum Gasteiger partial charge on any atom is -0.493 e. The molecule has 0 bridgehead atoms. The number of benzene rings is 1. The molecule has 0 N–H and O–H groups in total. The third-order valence-corrected chi connectivity index (χ3v) is 4.02. The molecule has 4 nitrogen and oxygen atoms in total. The largest absolute Gasteiger partial charge is 0.493 e. The van der Waals surface area contributed by atoms with E-state index in [0.29, 0.717) is 30.4 Å². The summed E-state index contributed by atoms with van der Waals surface area (Å²) in [6, 6.07) is 9.72. The van der Waals surface area contributed by atoms with E-state index in [1.807, 2.05) is 24.3 Å². The maximum Gasteiger partial charge on any atom is 0.161 e. The van der Waals surface area contributed by atoms with Crippen molar-refractivity contribution in [2.45, 2.75) is 32.8 Å². The van der Waals surface area contributed by atoms with Crippen LogP contribution in [0.4, 0.5) is 0 Å². The predicted octanol–water partition coefficient (Wildman–Crippen LogP) is 3.92. The normalized spacial score (nSPS) is 10.4. The first kappa shape index (κ1) is 15.3. The topological polar surface area (TPSA) is 55.1 Å². The molecule has 2 rings (SSSR count). The maximum atomic E-state index is 8.89. The summed E-state index contributed by atoms with van der Waals surface area (Å²) in [5, 5.41) is 9.78. The van der Waals surface area contributed by atoms with Crippen LogP contribution in [0.5, 0.6) is 11.5 Å². The third-order valence-electron chi connectivity index (χ3n) is 2.98. The number of para-hydroxylation sites is 2. The minimum atomic E-state index is 0.310. The molecule has 2 aromatic rings. The molecule has 0 aliphatic heterocycles. The molecule has 0 saturated carbocycles. The van der Waals surface area contributed by atoms with E-state index >= 15 is 0 Å². The molecular formula is C16H18N2O2S. The molecule has 0 unspecified atom stereocenters. The second-order valence-electron chi connectivity index (χ2n) is 4.85. The lowest BCUT2D eigenvalue weighted by Crippen LogP contribution is -1.98. The van der Waals surface area contributed by atoms with Crippen molar-refractivity contribution in [3.63, 3.8) is 0 Å². The van der Waals surface area contributed by atoms with Crippen molar-refractivity contribution in [2.24, 2.45) is 0 Å². The van der Waals surface area contributed by atoms with Gasteiger partial charge in [0.05, 0.1) is 25.3 Å². The molecule has 0 saturated heterocycles. The lowest BCUT2D eigenvalue weighted by Gasteiger charge is -2.08. The van der Waals surface area contributed by atoms with E-state index in [4.69, 9.17) is 14.7 Å². The van der Waals surface area contributed by atoms with Crippen LogP contribution < -0.4 is 9.47 Å². The fourth-order valence-electron chi connectivity index (χ4n) is 2.00. The maximum absolute atomic E-state index is 8.89. The highest BCUT2D eigenvalue weighted by Gasteiger charge is 2.14. The molecule has 1 aromatic heterocycles. The molecule has 0 aliphatic rings.